The molecule has 0 aliphatic carbocycles. The Balaban J connectivity index is 1.71. The minimum absolute atomic E-state index is 0.0801. The van der Waals surface area contributed by atoms with Crippen LogP contribution in [-0.2, 0) is 9.59 Å². The molecular formula is C17H14BrFN2O2. The van der Waals surface area contributed by atoms with Crippen molar-refractivity contribution >= 4 is 39.1 Å². The molecule has 4 nitrogen and oxygen atoms in total. The molecule has 1 atom stereocenters. The average Bonchev–Trinajstić information content (AvgIpc) is 2.92. The van der Waals surface area contributed by atoms with E-state index in [-0.39, 0.29) is 30.5 Å². The molecule has 0 bridgehead atoms. The SMILES string of the molecule is O=C(Nc1ccc(Br)cc1)[C@H]1CC(=O)N(c2ccccc2F)C1. The largest absolute Gasteiger partial charge is 0.326 e. The van der Waals surface area contributed by atoms with Gasteiger partial charge in [0.1, 0.15) is 5.82 Å². The van der Waals surface area contributed by atoms with Crippen molar-refractivity contribution in [2.24, 2.45) is 5.92 Å². The maximum Gasteiger partial charge on any atom is 0.229 e. The summed E-state index contributed by atoms with van der Waals surface area (Å²) in [5.41, 5.74) is 0.881. The van der Waals surface area contributed by atoms with E-state index in [0.717, 1.165) is 4.47 Å². The van der Waals surface area contributed by atoms with Gasteiger partial charge < -0.3 is 10.2 Å². The van der Waals surface area contributed by atoms with E-state index in [1.807, 2.05) is 12.1 Å². The van der Waals surface area contributed by atoms with Gasteiger partial charge in [-0.2, -0.15) is 0 Å². The molecule has 2 aromatic carbocycles. The second-order valence-electron chi connectivity index (χ2n) is 5.35. The van der Waals surface area contributed by atoms with Crippen molar-refractivity contribution < 1.29 is 14.0 Å². The number of para-hydroxylation sites is 1. The number of nitrogens with zero attached hydrogens (tertiary/aromatic N) is 1. The van der Waals surface area contributed by atoms with Gasteiger partial charge in [0.2, 0.25) is 11.8 Å². The van der Waals surface area contributed by atoms with Crippen LogP contribution in [0, 0.1) is 11.7 Å². The molecule has 1 saturated heterocycles. The normalized spacial score (nSPS) is 17.4. The molecule has 1 aliphatic rings. The maximum atomic E-state index is 13.8. The van der Waals surface area contributed by atoms with E-state index >= 15 is 0 Å². The summed E-state index contributed by atoms with van der Waals surface area (Å²) in [6.45, 7) is 0.183. The lowest BCUT2D eigenvalue weighted by molar-refractivity contribution is -0.122. The average molecular weight is 377 g/mol. The number of hydrogen-bond acceptors (Lipinski definition) is 2. The van der Waals surface area contributed by atoms with Crippen LogP contribution in [0.5, 0.6) is 0 Å². The summed E-state index contributed by atoms with van der Waals surface area (Å²) in [5.74, 6) is -1.44. The molecule has 1 heterocycles. The minimum atomic E-state index is -0.495. The lowest BCUT2D eigenvalue weighted by atomic mass is 10.1. The van der Waals surface area contributed by atoms with Gasteiger partial charge >= 0.3 is 0 Å². The second kappa shape index (κ2) is 6.50. The quantitative estimate of drug-likeness (QED) is 0.889. The molecule has 118 valence electrons. The van der Waals surface area contributed by atoms with Gasteiger partial charge in [0.05, 0.1) is 11.6 Å². The zero-order valence-corrected chi connectivity index (χ0v) is 13.7. The summed E-state index contributed by atoms with van der Waals surface area (Å²) >= 11 is 3.33. The zero-order chi connectivity index (χ0) is 16.4. The number of anilines is 2. The topological polar surface area (TPSA) is 49.4 Å². The molecule has 0 radical (unpaired) electrons. The molecule has 0 spiro atoms. The van der Waals surface area contributed by atoms with Gasteiger partial charge in [-0.05, 0) is 36.4 Å². The van der Waals surface area contributed by atoms with Crippen molar-refractivity contribution in [2.75, 3.05) is 16.8 Å². The maximum absolute atomic E-state index is 13.8. The fourth-order valence-electron chi connectivity index (χ4n) is 2.56. The van der Waals surface area contributed by atoms with E-state index in [1.165, 1.54) is 11.0 Å². The fourth-order valence-corrected chi connectivity index (χ4v) is 2.83. The number of hydrogen-bond donors (Lipinski definition) is 1. The van der Waals surface area contributed by atoms with Crippen LogP contribution in [0.25, 0.3) is 0 Å². The van der Waals surface area contributed by atoms with Crippen molar-refractivity contribution in [3.05, 3.63) is 58.8 Å². The zero-order valence-electron chi connectivity index (χ0n) is 12.1. The highest BCUT2D eigenvalue weighted by Gasteiger charge is 2.36. The second-order valence-corrected chi connectivity index (χ2v) is 6.27. The molecule has 23 heavy (non-hydrogen) atoms. The molecule has 6 heteroatoms. The minimum Gasteiger partial charge on any atom is -0.326 e. The number of nitrogens with one attached hydrogen (secondary N) is 1. The highest BCUT2D eigenvalue weighted by molar-refractivity contribution is 9.10. The Morgan fingerprint density at radius 2 is 1.87 bits per heavy atom. The van der Waals surface area contributed by atoms with E-state index in [9.17, 15) is 14.0 Å². The van der Waals surface area contributed by atoms with Crippen LogP contribution in [-0.4, -0.2) is 18.4 Å². The number of halogens is 2. The van der Waals surface area contributed by atoms with Crippen molar-refractivity contribution in [2.45, 2.75) is 6.42 Å². The fraction of sp³-hybridized carbons (Fsp3) is 0.176. The third-order valence-corrected chi connectivity index (χ3v) is 4.28. The molecule has 2 amide bonds. The summed E-state index contributed by atoms with van der Waals surface area (Å²) in [4.78, 5) is 25.8. The first-order chi connectivity index (χ1) is 11.0. The highest BCUT2D eigenvalue weighted by Crippen LogP contribution is 2.28. The Labute approximate surface area is 141 Å². The molecule has 1 N–H and O–H groups in total. The third-order valence-electron chi connectivity index (χ3n) is 3.75. The van der Waals surface area contributed by atoms with Crippen LogP contribution < -0.4 is 10.2 Å². The van der Waals surface area contributed by atoms with E-state index in [2.05, 4.69) is 21.2 Å². The van der Waals surface area contributed by atoms with Crippen molar-refractivity contribution in [3.8, 4) is 0 Å². The van der Waals surface area contributed by atoms with Crippen LogP contribution in [0.3, 0.4) is 0 Å². The van der Waals surface area contributed by atoms with E-state index < -0.39 is 11.7 Å². The number of benzene rings is 2. The molecule has 1 fully saturated rings. The van der Waals surface area contributed by atoms with Gasteiger partial charge in [-0.3, -0.25) is 9.59 Å². The first-order valence-corrected chi connectivity index (χ1v) is 7.95. The summed E-state index contributed by atoms with van der Waals surface area (Å²) in [6, 6.07) is 13.3. The highest BCUT2D eigenvalue weighted by atomic mass is 79.9. The molecule has 2 aromatic rings. The number of carbonyl (C=O) groups excluding carboxylic acids is 2. The summed E-state index contributed by atoms with van der Waals surface area (Å²) < 4.78 is 14.7. The first-order valence-electron chi connectivity index (χ1n) is 7.16. The molecule has 0 saturated carbocycles. The van der Waals surface area contributed by atoms with E-state index in [1.54, 1.807) is 30.3 Å². The Bertz CT molecular complexity index is 749. The number of rotatable bonds is 3. The predicted molar refractivity (Wildman–Crippen MR) is 89.6 cm³/mol. The van der Waals surface area contributed by atoms with Crippen molar-refractivity contribution in [1.29, 1.82) is 0 Å². The molecule has 1 aliphatic heterocycles. The Hall–Kier alpha value is -2.21. The standard InChI is InChI=1S/C17H14BrFN2O2/c18-12-5-7-13(8-6-12)20-17(23)11-9-16(22)21(10-11)15-4-2-1-3-14(15)19/h1-8,11H,9-10H2,(H,20,23)/t11-/m0/s1. The molecule has 0 aromatic heterocycles. The number of amides is 2. The Kier molecular flexibility index (Phi) is 4.43. The molecular weight excluding hydrogens is 363 g/mol. The van der Waals surface area contributed by atoms with Gasteiger partial charge in [0.25, 0.3) is 0 Å². The van der Waals surface area contributed by atoms with Crippen LogP contribution in [0.2, 0.25) is 0 Å². The van der Waals surface area contributed by atoms with Gasteiger partial charge in [-0.15, -0.1) is 0 Å². The van der Waals surface area contributed by atoms with Crippen LogP contribution in [0.4, 0.5) is 15.8 Å². The monoisotopic (exact) mass is 376 g/mol. The summed E-state index contributed by atoms with van der Waals surface area (Å²) in [7, 11) is 0. The lowest BCUT2D eigenvalue weighted by Gasteiger charge is -2.17. The summed E-state index contributed by atoms with van der Waals surface area (Å²) in [6.07, 6.45) is 0.0801. The van der Waals surface area contributed by atoms with Crippen LogP contribution >= 0.6 is 15.9 Å². The molecule has 0 unspecified atom stereocenters. The van der Waals surface area contributed by atoms with E-state index in [4.69, 9.17) is 0 Å². The Morgan fingerprint density at radius 1 is 1.17 bits per heavy atom. The summed E-state index contributed by atoms with van der Waals surface area (Å²) in [5, 5.41) is 2.79. The van der Waals surface area contributed by atoms with Gasteiger partial charge in [0, 0.05) is 23.1 Å². The lowest BCUT2D eigenvalue weighted by Crippen LogP contribution is -2.28. The van der Waals surface area contributed by atoms with Gasteiger partial charge in [-0.1, -0.05) is 28.1 Å². The number of carbonyl (C=O) groups is 2. The molecule has 3 rings (SSSR count). The van der Waals surface area contributed by atoms with Gasteiger partial charge in [0.15, 0.2) is 0 Å². The van der Waals surface area contributed by atoms with Crippen LogP contribution in [0.1, 0.15) is 6.42 Å². The van der Waals surface area contributed by atoms with Crippen LogP contribution in [0.15, 0.2) is 53.0 Å². The Morgan fingerprint density at radius 3 is 2.57 bits per heavy atom. The smallest absolute Gasteiger partial charge is 0.229 e. The van der Waals surface area contributed by atoms with Crippen molar-refractivity contribution in [1.82, 2.24) is 0 Å². The van der Waals surface area contributed by atoms with E-state index in [0.29, 0.717) is 5.69 Å². The van der Waals surface area contributed by atoms with Gasteiger partial charge in [-0.25, -0.2) is 4.39 Å². The predicted octanol–water partition coefficient (Wildman–Crippen LogP) is 3.58. The first kappa shape index (κ1) is 15.7. The third kappa shape index (κ3) is 3.42. The van der Waals surface area contributed by atoms with Crippen molar-refractivity contribution in [3.63, 3.8) is 0 Å².